The van der Waals surface area contributed by atoms with E-state index in [-0.39, 0.29) is 5.91 Å². The van der Waals surface area contributed by atoms with Crippen LogP contribution in [0.3, 0.4) is 0 Å². The fraction of sp³-hybridized carbons (Fsp3) is 0.526. The molecular weight excluding hydrogens is 288 g/mol. The number of nitrogens with one attached hydrogen (secondary N) is 2. The molecule has 126 valence electrons. The van der Waals surface area contributed by atoms with Crippen LogP contribution in [0.4, 0.5) is 0 Å². The van der Waals surface area contributed by atoms with Gasteiger partial charge in [0.15, 0.2) is 0 Å². The first-order chi connectivity index (χ1) is 10.8. The van der Waals surface area contributed by atoms with E-state index >= 15 is 0 Å². The SMILES string of the molecule is Cc1cccc2[nH]cc(CC(=O)NCC(C)(O)CCC(C)C)c12. The van der Waals surface area contributed by atoms with Crippen molar-refractivity contribution in [3.63, 3.8) is 0 Å². The van der Waals surface area contributed by atoms with Crippen molar-refractivity contribution in [1.82, 2.24) is 10.3 Å². The topological polar surface area (TPSA) is 65.1 Å². The van der Waals surface area contributed by atoms with Gasteiger partial charge in [0.25, 0.3) is 0 Å². The third-order valence-corrected chi connectivity index (χ3v) is 4.27. The number of carbonyl (C=O) groups excluding carboxylic acids is 1. The van der Waals surface area contributed by atoms with Gasteiger partial charge in [-0.1, -0.05) is 26.0 Å². The van der Waals surface area contributed by atoms with Crippen LogP contribution in [0.25, 0.3) is 10.9 Å². The number of aliphatic hydroxyl groups is 1. The van der Waals surface area contributed by atoms with E-state index in [0.29, 0.717) is 25.3 Å². The van der Waals surface area contributed by atoms with Crippen LogP contribution in [-0.4, -0.2) is 28.1 Å². The number of aryl methyl sites for hydroxylation is 1. The van der Waals surface area contributed by atoms with Gasteiger partial charge in [-0.05, 0) is 49.8 Å². The number of aromatic amines is 1. The molecule has 3 N–H and O–H groups in total. The standard InChI is InChI=1S/C19H28N2O2/c1-13(2)8-9-19(4,23)12-21-17(22)10-15-11-20-16-7-5-6-14(3)18(15)16/h5-7,11,13,20,23H,8-10,12H2,1-4H3,(H,21,22). The quantitative estimate of drug-likeness (QED) is 0.733. The Morgan fingerprint density at radius 2 is 2.13 bits per heavy atom. The molecule has 1 atom stereocenters. The van der Waals surface area contributed by atoms with Crippen molar-refractivity contribution in [1.29, 1.82) is 0 Å². The molecule has 0 spiro atoms. The zero-order valence-corrected chi connectivity index (χ0v) is 14.6. The highest BCUT2D eigenvalue weighted by atomic mass is 16.3. The molecule has 4 nitrogen and oxygen atoms in total. The second-order valence-electron chi connectivity index (χ2n) is 7.19. The van der Waals surface area contributed by atoms with Gasteiger partial charge in [0.05, 0.1) is 12.0 Å². The summed E-state index contributed by atoms with van der Waals surface area (Å²) in [6.07, 6.45) is 3.86. The summed E-state index contributed by atoms with van der Waals surface area (Å²) in [6, 6.07) is 6.07. The predicted molar refractivity (Wildman–Crippen MR) is 94.4 cm³/mol. The Labute approximate surface area is 138 Å². The first-order valence-corrected chi connectivity index (χ1v) is 8.33. The Kier molecular flexibility index (Phi) is 5.47. The normalized spacial score (nSPS) is 14.2. The number of H-pyrrole nitrogens is 1. The zero-order valence-electron chi connectivity index (χ0n) is 14.6. The third-order valence-electron chi connectivity index (χ3n) is 4.27. The fourth-order valence-electron chi connectivity index (χ4n) is 2.80. The number of benzene rings is 1. The van der Waals surface area contributed by atoms with Gasteiger partial charge in [-0.25, -0.2) is 0 Å². The van der Waals surface area contributed by atoms with Crippen LogP contribution < -0.4 is 5.32 Å². The number of carbonyl (C=O) groups is 1. The molecule has 1 aromatic carbocycles. The highest BCUT2D eigenvalue weighted by Gasteiger charge is 2.21. The largest absolute Gasteiger partial charge is 0.388 e. The number of fused-ring (bicyclic) bond motifs is 1. The Balaban J connectivity index is 1.94. The van der Waals surface area contributed by atoms with Gasteiger partial charge in [0, 0.05) is 23.6 Å². The molecule has 0 saturated heterocycles. The lowest BCUT2D eigenvalue weighted by Crippen LogP contribution is -2.41. The molecular formula is C19H28N2O2. The average molecular weight is 316 g/mol. The number of aromatic nitrogens is 1. The van der Waals surface area contributed by atoms with E-state index in [1.54, 1.807) is 6.92 Å². The highest BCUT2D eigenvalue weighted by molar-refractivity contribution is 5.91. The smallest absolute Gasteiger partial charge is 0.224 e. The Morgan fingerprint density at radius 3 is 2.83 bits per heavy atom. The molecule has 1 unspecified atom stereocenters. The van der Waals surface area contributed by atoms with Gasteiger partial charge in [0.2, 0.25) is 5.91 Å². The van der Waals surface area contributed by atoms with Crippen LogP contribution in [0.15, 0.2) is 24.4 Å². The molecule has 0 radical (unpaired) electrons. The van der Waals surface area contributed by atoms with Gasteiger partial charge in [-0.3, -0.25) is 4.79 Å². The van der Waals surface area contributed by atoms with Crippen molar-refractivity contribution in [3.05, 3.63) is 35.5 Å². The maximum Gasteiger partial charge on any atom is 0.224 e. The number of amides is 1. The molecule has 0 aliphatic heterocycles. The summed E-state index contributed by atoms with van der Waals surface area (Å²) in [5, 5.41) is 14.3. The van der Waals surface area contributed by atoms with Crippen molar-refractivity contribution >= 4 is 16.8 Å². The van der Waals surface area contributed by atoms with E-state index in [1.165, 1.54) is 0 Å². The summed E-state index contributed by atoms with van der Waals surface area (Å²) < 4.78 is 0. The molecule has 1 heterocycles. The van der Waals surface area contributed by atoms with Crippen LogP contribution in [0.2, 0.25) is 0 Å². The summed E-state index contributed by atoms with van der Waals surface area (Å²) in [5.41, 5.74) is 2.36. The van der Waals surface area contributed by atoms with E-state index in [9.17, 15) is 9.90 Å². The Bertz CT molecular complexity index is 671. The second-order valence-corrected chi connectivity index (χ2v) is 7.19. The second kappa shape index (κ2) is 7.18. The third kappa shape index (κ3) is 4.83. The van der Waals surface area contributed by atoms with Crippen molar-refractivity contribution in [3.8, 4) is 0 Å². The van der Waals surface area contributed by atoms with Gasteiger partial charge in [-0.15, -0.1) is 0 Å². The molecule has 23 heavy (non-hydrogen) atoms. The summed E-state index contributed by atoms with van der Waals surface area (Å²) in [7, 11) is 0. The van der Waals surface area contributed by atoms with Crippen molar-refractivity contribution in [2.75, 3.05) is 6.54 Å². The minimum absolute atomic E-state index is 0.0565. The Hall–Kier alpha value is -1.81. The minimum Gasteiger partial charge on any atom is -0.388 e. The predicted octanol–water partition coefficient (Wildman–Crippen LogP) is 3.32. The molecule has 1 amide bonds. The van der Waals surface area contributed by atoms with Crippen LogP contribution in [0, 0.1) is 12.8 Å². The molecule has 2 rings (SSSR count). The van der Waals surface area contributed by atoms with Crippen LogP contribution in [-0.2, 0) is 11.2 Å². The Morgan fingerprint density at radius 1 is 1.39 bits per heavy atom. The first kappa shape index (κ1) is 17.5. The molecule has 0 aliphatic rings. The minimum atomic E-state index is -0.851. The first-order valence-electron chi connectivity index (χ1n) is 8.33. The van der Waals surface area contributed by atoms with Crippen LogP contribution in [0.1, 0.15) is 44.7 Å². The van der Waals surface area contributed by atoms with E-state index in [2.05, 4.69) is 24.1 Å². The van der Waals surface area contributed by atoms with E-state index in [1.807, 2.05) is 31.3 Å². The molecule has 2 aromatic rings. The number of hydrogen-bond acceptors (Lipinski definition) is 2. The fourth-order valence-corrected chi connectivity index (χ4v) is 2.80. The van der Waals surface area contributed by atoms with Gasteiger partial charge in [0.1, 0.15) is 0 Å². The molecule has 0 bridgehead atoms. The zero-order chi connectivity index (χ0) is 17.0. The average Bonchev–Trinajstić information content (AvgIpc) is 2.88. The van der Waals surface area contributed by atoms with Crippen molar-refractivity contribution in [2.24, 2.45) is 5.92 Å². The lowest BCUT2D eigenvalue weighted by Gasteiger charge is -2.24. The lowest BCUT2D eigenvalue weighted by molar-refractivity contribution is -0.121. The van der Waals surface area contributed by atoms with E-state index in [0.717, 1.165) is 28.5 Å². The monoisotopic (exact) mass is 316 g/mol. The molecule has 0 fully saturated rings. The van der Waals surface area contributed by atoms with Gasteiger partial charge in [-0.2, -0.15) is 0 Å². The number of rotatable bonds is 7. The molecule has 0 saturated carbocycles. The van der Waals surface area contributed by atoms with Gasteiger partial charge < -0.3 is 15.4 Å². The summed E-state index contributed by atoms with van der Waals surface area (Å²) >= 11 is 0. The lowest BCUT2D eigenvalue weighted by atomic mass is 9.95. The summed E-state index contributed by atoms with van der Waals surface area (Å²) in [5.74, 6) is 0.491. The highest BCUT2D eigenvalue weighted by Crippen LogP contribution is 2.22. The molecule has 4 heteroatoms. The van der Waals surface area contributed by atoms with E-state index in [4.69, 9.17) is 0 Å². The van der Waals surface area contributed by atoms with E-state index < -0.39 is 5.60 Å². The molecule has 1 aromatic heterocycles. The number of hydrogen-bond donors (Lipinski definition) is 3. The maximum atomic E-state index is 12.2. The van der Waals surface area contributed by atoms with Crippen molar-refractivity contribution in [2.45, 2.75) is 52.6 Å². The van der Waals surface area contributed by atoms with Crippen molar-refractivity contribution < 1.29 is 9.90 Å². The van der Waals surface area contributed by atoms with Crippen LogP contribution >= 0.6 is 0 Å². The summed E-state index contributed by atoms with van der Waals surface area (Å²) in [4.78, 5) is 15.4. The summed E-state index contributed by atoms with van der Waals surface area (Å²) in [6.45, 7) is 8.39. The van der Waals surface area contributed by atoms with Crippen LogP contribution in [0.5, 0.6) is 0 Å². The van der Waals surface area contributed by atoms with Gasteiger partial charge >= 0.3 is 0 Å². The maximum absolute atomic E-state index is 12.2. The molecule has 0 aliphatic carbocycles.